The second-order valence-electron chi connectivity index (χ2n) is 18.3. The van der Waals surface area contributed by atoms with Crippen molar-refractivity contribution < 1.29 is 63.1 Å². The molecular weight excluding hydrogens is 900 g/mol. The van der Waals surface area contributed by atoms with Gasteiger partial charge in [0.2, 0.25) is 0 Å². The molecule has 1 fully saturated rings. The van der Waals surface area contributed by atoms with E-state index in [4.69, 9.17) is 18.5 Å². The summed E-state index contributed by atoms with van der Waals surface area (Å²) >= 11 is 0. The van der Waals surface area contributed by atoms with Crippen LogP contribution in [0.3, 0.4) is 0 Å². The van der Waals surface area contributed by atoms with Gasteiger partial charge < -0.3 is 39.9 Å². The van der Waals surface area contributed by atoms with Gasteiger partial charge in [-0.2, -0.15) is 0 Å². The Morgan fingerprint density at radius 3 is 1.26 bits per heavy atom. The van der Waals surface area contributed by atoms with Crippen LogP contribution in [-0.2, 0) is 32.7 Å². The zero-order valence-corrected chi connectivity index (χ0v) is 43.5. The van der Waals surface area contributed by atoms with Crippen molar-refractivity contribution in [1.82, 2.24) is 0 Å². The van der Waals surface area contributed by atoms with E-state index in [2.05, 4.69) is 86.8 Å². The molecule has 1 aliphatic carbocycles. The molecule has 0 radical (unpaired) electrons. The number of hydrogen-bond donors (Lipinski definition) is 6. The monoisotopic (exact) mass is 995 g/mol. The summed E-state index contributed by atoms with van der Waals surface area (Å²) in [4.78, 5) is 35.9. The van der Waals surface area contributed by atoms with Gasteiger partial charge in [-0.3, -0.25) is 18.6 Å². The number of ether oxygens (including phenoxy) is 2. The molecule has 69 heavy (non-hydrogen) atoms. The third kappa shape index (κ3) is 36.0. The summed E-state index contributed by atoms with van der Waals surface area (Å²) in [6.07, 6.45) is 43.6. The lowest BCUT2D eigenvalue weighted by Crippen LogP contribution is -2.64. The number of carbonyl (C=O) groups excluding carboxylic acids is 2. The summed E-state index contributed by atoms with van der Waals surface area (Å²) in [6.45, 7) is 3.18. The summed E-state index contributed by atoms with van der Waals surface area (Å²) in [5.41, 5.74) is 0. The van der Waals surface area contributed by atoms with Gasteiger partial charge in [0.1, 0.15) is 43.2 Å². The number of carbonyl (C=O) groups is 2. The lowest BCUT2D eigenvalue weighted by atomic mass is 9.85. The number of unbranched alkanes of at least 4 members (excludes halogenated alkanes) is 20. The van der Waals surface area contributed by atoms with Crippen LogP contribution in [0.2, 0.25) is 0 Å². The molecule has 1 aliphatic rings. The number of allylic oxidation sites excluding steroid dienone is 12. The molecule has 14 heteroatoms. The standard InChI is InChI=1S/C55H95O13P/c1-3-5-7-9-11-13-15-17-19-21-23-24-26-28-30-32-34-36-38-40-42-44-49(57)67-47(46-66-69(63,64)68-55-53(61)51(59)50(58)52(60)54(55)62)45-65-48(56)43-41-39-37-35-33-31-29-27-25-22-20-18-16-14-12-10-8-6-4-2/h5,7,11-14,17-20,23-24,47,50-55,58-62H,3-4,6,8-10,15-16,21-22,25-46H2,1-2H3,(H,63,64)/b7-5-,13-11-,14-12-,19-17-,20-18-,24-23-. The van der Waals surface area contributed by atoms with Gasteiger partial charge in [0.15, 0.2) is 6.10 Å². The van der Waals surface area contributed by atoms with Gasteiger partial charge >= 0.3 is 19.8 Å². The van der Waals surface area contributed by atoms with Crippen molar-refractivity contribution in [3.63, 3.8) is 0 Å². The lowest BCUT2D eigenvalue weighted by molar-refractivity contribution is -0.220. The van der Waals surface area contributed by atoms with E-state index in [-0.39, 0.29) is 12.8 Å². The van der Waals surface area contributed by atoms with E-state index in [0.717, 1.165) is 109 Å². The van der Waals surface area contributed by atoms with Crippen LogP contribution in [0.15, 0.2) is 72.9 Å². The van der Waals surface area contributed by atoms with Crippen molar-refractivity contribution in [2.75, 3.05) is 13.2 Å². The van der Waals surface area contributed by atoms with Crippen molar-refractivity contribution >= 4 is 19.8 Å². The quantitative estimate of drug-likeness (QED) is 0.0145. The minimum Gasteiger partial charge on any atom is -0.462 e. The molecule has 1 saturated carbocycles. The Labute approximate surface area is 416 Å². The molecule has 0 amide bonds. The van der Waals surface area contributed by atoms with E-state index < -0.39 is 75.7 Å². The Morgan fingerprint density at radius 2 is 0.826 bits per heavy atom. The van der Waals surface area contributed by atoms with Gasteiger partial charge in [0.05, 0.1) is 6.61 Å². The molecule has 398 valence electrons. The minimum absolute atomic E-state index is 0.0832. The van der Waals surface area contributed by atoms with E-state index in [0.29, 0.717) is 12.8 Å². The Morgan fingerprint density at radius 1 is 0.464 bits per heavy atom. The highest BCUT2D eigenvalue weighted by molar-refractivity contribution is 7.47. The highest BCUT2D eigenvalue weighted by atomic mass is 31.2. The molecule has 0 heterocycles. The molecule has 0 saturated heterocycles. The van der Waals surface area contributed by atoms with Crippen LogP contribution in [0.5, 0.6) is 0 Å². The fraction of sp³-hybridized carbons (Fsp3) is 0.745. The molecule has 0 aromatic heterocycles. The number of hydrogen-bond acceptors (Lipinski definition) is 12. The number of esters is 2. The first-order valence-electron chi connectivity index (χ1n) is 26.7. The fourth-order valence-corrected chi connectivity index (χ4v) is 8.75. The minimum atomic E-state index is -5.13. The first-order chi connectivity index (χ1) is 33.4. The van der Waals surface area contributed by atoms with Crippen LogP contribution in [0.25, 0.3) is 0 Å². The molecule has 0 aromatic carbocycles. The van der Waals surface area contributed by atoms with Gasteiger partial charge in [-0.05, 0) is 83.5 Å². The second kappa shape index (κ2) is 44.0. The molecule has 1 rings (SSSR count). The maximum atomic E-state index is 12.9. The third-order valence-electron chi connectivity index (χ3n) is 12.0. The van der Waals surface area contributed by atoms with Gasteiger partial charge in [-0.1, -0.05) is 183 Å². The van der Waals surface area contributed by atoms with Crippen LogP contribution >= 0.6 is 7.82 Å². The first kappa shape index (κ1) is 64.3. The zero-order valence-electron chi connectivity index (χ0n) is 42.6. The van der Waals surface area contributed by atoms with Crippen molar-refractivity contribution in [2.24, 2.45) is 0 Å². The molecule has 0 aromatic rings. The van der Waals surface area contributed by atoms with Crippen molar-refractivity contribution in [3.05, 3.63) is 72.9 Å². The molecule has 6 unspecified atom stereocenters. The van der Waals surface area contributed by atoms with Gasteiger partial charge in [-0.25, -0.2) is 4.57 Å². The predicted octanol–water partition coefficient (Wildman–Crippen LogP) is 11.8. The number of aliphatic hydroxyl groups is 5. The topological polar surface area (TPSA) is 210 Å². The van der Waals surface area contributed by atoms with E-state index in [1.165, 1.54) is 57.8 Å². The molecule has 6 N–H and O–H groups in total. The molecular formula is C55H95O13P. The Hall–Kier alpha value is -2.71. The number of phosphoric ester groups is 1. The van der Waals surface area contributed by atoms with Crippen molar-refractivity contribution in [1.29, 1.82) is 0 Å². The van der Waals surface area contributed by atoms with Crippen LogP contribution < -0.4 is 0 Å². The summed E-state index contributed by atoms with van der Waals surface area (Å²) in [5, 5.41) is 50.3. The summed E-state index contributed by atoms with van der Waals surface area (Å²) in [6, 6.07) is 0. The molecule has 0 spiro atoms. The number of phosphoric acid groups is 1. The molecule has 6 atom stereocenters. The zero-order chi connectivity index (χ0) is 50.6. The summed E-state index contributed by atoms with van der Waals surface area (Å²) in [5.74, 6) is -1.11. The lowest BCUT2D eigenvalue weighted by Gasteiger charge is -2.41. The van der Waals surface area contributed by atoms with Gasteiger partial charge in [0, 0.05) is 12.8 Å². The predicted molar refractivity (Wildman–Crippen MR) is 276 cm³/mol. The van der Waals surface area contributed by atoms with Crippen LogP contribution in [-0.4, -0.2) is 98.3 Å². The van der Waals surface area contributed by atoms with Crippen molar-refractivity contribution in [2.45, 2.75) is 249 Å². The highest BCUT2D eigenvalue weighted by Crippen LogP contribution is 2.47. The maximum absolute atomic E-state index is 12.9. The maximum Gasteiger partial charge on any atom is 0.472 e. The van der Waals surface area contributed by atoms with Crippen LogP contribution in [0.1, 0.15) is 206 Å². The Bertz CT molecular complexity index is 1480. The van der Waals surface area contributed by atoms with Crippen molar-refractivity contribution in [3.8, 4) is 0 Å². The first-order valence-corrected chi connectivity index (χ1v) is 28.2. The smallest absolute Gasteiger partial charge is 0.462 e. The number of aliphatic hydroxyl groups excluding tert-OH is 5. The van der Waals surface area contributed by atoms with E-state index >= 15 is 0 Å². The van der Waals surface area contributed by atoms with E-state index in [1.54, 1.807) is 0 Å². The van der Waals surface area contributed by atoms with Crippen LogP contribution in [0, 0.1) is 0 Å². The Balaban J connectivity index is 2.39. The largest absolute Gasteiger partial charge is 0.472 e. The van der Waals surface area contributed by atoms with E-state index in [1.807, 2.05) is 0 Å². The summed E-state index contributed by atoms with van der Waals surface area (Å²) < 4.78 is 33.7. The Kier molecular flexibility index (Phi) is 41.0. The molecule has 13 nitrogen and oxygen atoms in total. The molecule has 0 aliphatic heterocycles. The van der Waals surface area contributed by atoms with E-state index in [9.17, 15) is 44.6 Å². The highest BCUT2D eigenvalue weighted by Gasteiger charge is 2.51. The third-order valence-corrected chi connectivity index (χ3v) is 13.0. The second-order valence-corrected chi connectivity index (χ2v) is 19.8. The van der Waals surface area contributed by atoms with Gasteiger partial charge in [0.25, 0.3) is 0 Å². The normalized spacial score (nSPS) is 21.4. The SMILES string of the molecule is CC/C=C\C/C=C\C/C=C\C/C=C\CCCCCCCCCCC(=O)OC(COC(=O)CCCCCCCCCCC/C=C\C/C=C\CCCCC)COP(=O)(O)OC1C(O)C(O)C(O)C(O)C1O. The average Bonchev–Trinajstić information content (AvgIpc) is 3.33. The fourth-order valence-electron chi connectivity index (χ4n) is 7.78. The average molecular weight is 995 g/mol. The van der Waals surface area contributed by atoms with Gasteiger partial charge in [-0.15, -0.1) is 0 Å². The van der Waals surface area contributed by atoms with Crippen LogP contribution in [0.4, 0.5) is 0 Å². The molecule has 0 bridgehead atoms. The number of rotatable bonds is 44. The summed E-state index contributed by atoms with van der Waals surface area (Å²) in [7, 11) is -5.13.